The van der Waals surface area contributed by atoms with Crippen molar-refractivity contribution in [3.63, 3.8) is 0 Å². The Balaban J connectivity index is 1.28. The second-order valence-electron chi connectivity index (χ2n) is 17.1. The van der Waals surface area contributed by atoms with Crippen LogP contribution in [0.4, 0.5) is 17.1 Å². The van der Waals surface area contributed by atoms with Gasteiger partial charge in [-0.2, -0.15) is 0 Å². The first-order valence-corrected chi connectivity index (χ1v) is 18.9. The van der Waals surface area contributed by atoms with Gasteiger partial charge < -0.3 is 4.90 Å². The lowest BCUT2D eigenvalue weighted by Gasteiger charge is -2.32. The molecule has 1 heteroatoms. The molecule has 0 saturated heterocycles. The molecular weight excluding hydrogens is 603 g/mol. The summed E-state index contributed by atoms with van der Waals surface area (Å²) in [5.41, 5.74) is 16.0. The molecule has 3 unspecified atom stereocenters. The summed E-state index contributed by atoms with van der Waals surface area (Å²) < 4.78 is 0. The molecule has 0 spiro atoms. The lowest BCUT2D eigenvalue weighted by molar-refractivity contribution is 0.420. The van der Waals surface area contributed by atoms with Gasteiger partial charge in [-0.1, -0.05) is 126 Å². The Hall–Kier alpha value is -4.62. The summed E-state index contributed by atoms with van der Waals surface area (Å²) in [5, 5.41) is 2.52. The third-order valence-corrected chi connectivity index (χ3v) is 12.6. The number of benzene rings is 6. The van der Waals surface area contributed by atoms with Crippen molar-refractivity contribution in [2.75, 3.05) is 4.90 Å². The third kappa shape index (κ3) is 4.96. The van der Waals surface area contributed by atoms with Gasteiger partial charge in [0.15, 0.2) is 0 Å². The Morgan fingerprint density at radius 2 is 1.34 bits per heavy atom. The first-order chi connectivity index (χ1) is 24.1. The number of hydrogen-bond donors (Lipinski definition) is 0. The highest BCUT2D eigenvalue weighted by molar-refractivity contribution is 5.99. The van der Waals surface area contributed by atoms with Crippen molar-refractivity contribution >= 4 is 27.8 Å². The van der Waals surface area contributed by atoms with Crippen LogP contribution in [0.15, 0.2) is 121 Å². The summed E-state index contributed by atoms with van der Waals surface area (Å²) in [5.74, 6) is 2.52. The van der Waals surface area contributed by atoms with Crippen LogP contribution in [0.1, 0.15) is 94.0 Å². The van der Waals surface area contributed by atoms with Gasteiger partial charge in [0.25, 0.3) is 0 Å². The van der Waals surface area contributed by atoms with Crippen LogP contribution in [-0.2, 0) is 10.8 Å². The molecule has 2 fully saturated rings. The Morgan fingerprint density at radius 3 is 2.06 bits per heavy atom. The van der Waals surface area contributed by atoms with Crippen molar-refractivity contribution in [1.82, 2.24) is 0 Å². The fourth-order valence-electron chi connectivity index (χ4n) is 10.0. The molecule has 250 valence electrons. The third-order valence-electron chi connectivity index (χ3n) is 12.6. The Bertz CT molecular complexity index is 2260. The van der Waals surface area contributed by atoms with Crippen molar-refractivity contribution in [2.45, 2.75) is 84.0 Å². The van der Waals surface area contributed by atoms with Crippen LogP contribution in [0, 0.1) is 18.8 Å². The summed E-state index contributed by atoms with van der Waals surface area (Å²) in [6.07, 6.45) is 5.64. The largest absolute Gasteiger partial charge is 0.310 e. The van der Waals surface area contributed by atoms with Crippen molar-refractivity contribution in [1.29, 1.82) is 0 Å². The Morgan fingerprint density at radius 1 is 0.620 bits per heavy atom. The Kier molecular flexibility index (Phi) is 7.19. The van der Waals surface area contributed by atoms with Crippen molar-refractivity contribution in [3.05, 3.63) is 149 Å². The predicted octanol–water partition coefficient (Wildman–Crippen LogP) is 13.8. The van der Waals surface area contributed by atoms with Crippen molar-refractivity contribution in [2.24, 2.45) is 11.8 Å². The molecule has 9 rings (SSSR count). The van der Waals surface area contributed by atoms with Gasteiger partial charge in [0, 0.05) is 22.4 Å². The molecule has 0 N–H and O–H groups in total. The van der Waals surface area contributed by atoms with E-state index in [9.17, 15) is 0 Å². The minimum Gasteiger partial charge on any atom is -0.310 e. The van der Waals surface area contributed by atoms with Gasteiger partial charge in [-0.05, 0) is 141 Å². The summed E-state index contributed by atoms with van der Waals surface area (Å²) in [6.45, 7) is 14.1. The first-order valence-electron chi connectivity index (χ1n) is 18.9. The van der Waals surface area contributed by atoms with Crippen LogP contribution in [0.5, 0.6) is 0 Å². The maximum absolute atomic E-state index is 2.55. The monoisotopic (exact) mass is 651 g/mol. The van der Waals surface area contributed by atoms with Gasteiger partial charge in [0.2, 0.25) is 0 Å². The molecule has 6 aromatic rings. The molecule has 3 aliphatic carbocycles. The molecule has 6 aromatic carbocycles. The van der Waals surface area contributed by atoms with E-state index >= 15 is 0 Å². The number of rotatable bonds is 5. The van der Waals surface area contributed by atoms with Crippen LogP contribution < -0.4 is 4.90 Å². The molecule has 2 saturated carbocycles. The summed E-state index contributed by atoms with van der Waals surface area (Å²) in [7, 11) is 0. The van der Waals surface area contributed by atoms with Gasteiger partial charge in [-0.15, -0.1) is 0 Å². The summed E-state index contributed by atoms with van der Waals surface area (Å²) in [4.78, 5) is 2.55. The van der Waals surface area contributed by atoms with E-state index in [4.69, 9.17) is 0 Å². The van der Waals surface area contributed by atoms with Crippen LogP contribution in [-0.4, -0.2) is 0 Å². The van der Waals surface area contributed by atoms with Gasteiger partial charge in [-0.3, -0.25) is 0 Å². The normalized spacial score (nSPS) is 20.2. The minimum atomic E-state index is -0.0882. The quantitative estimate of drug-likeness (QED) is 0.179. The highest BCUT2D eigenvalue weighted by Crippen LogP contribution is 2.55. The fraction of sp³-hybridized carbons (Fsp3) is 0.306. The molecule has 50 heavy (non-hydrogen) atoms. The van der Waals surface area contributed by atoms with E-state index in [0.29, 0.717) is 5.92 Å². The molecule has 0 heterocycles. The van der Waals surface area contributed by atoms with Crippen molar-refractivity contribution in [3.8, 4) is 22.3 Å². The summed E-state index contributed by atoms with van der Waals surface area (Å²) in [6, 6.07) is 46.6. The van der Waals surface area contributed by atoms with Gasteiger partial charge >= 0.3 is 0 Å². The molecule has 0 aliphatic heterocycles. The smallest absolute Gasteiger partial charge is 0.0546 e. The first kappa shape index (κ1) is 31.4. The highest BCUT2D eigenvalue weighted by Gasteiger charge is 2.40. The van der Waals surface area contributed by atoms with Gasteiger partial charge in [-0.25, -0.2) is 0 Å². The van der Waals surface area contributed by atoms with E-state index in [1.54, 1.807) is 0 Å². The lowest BCUT2D eigenvalue weighted by atomic mass is 9.81. The number of hydrogen-bond acceptors (Lipinski definition) is 1. The molecule has 0 amide bonds. The van der Waals surface area contributed by atoms with E-state index < -0.39 is 0 Å². The molecular formula is C49H49N. The SMILES string of the molecule is Cc1cccc2c1-c1ccc(N(c3ccc(C4CC5CCC4C5)cc3)c3cc4ccccc4cc3-c3ccccc3C(C)(C)C)cc1C2(C)C. The van der Waals surface area contributed by atoms with E-state index in [1.807, 2.05) is 0 Å². The van der Waals surface area contributed by atoms with Crippen molar-refractivity contribution < 1.29 is 0 Å². The number of anilines is 3. The predicted molar refractivity (Wildman–Crippen MR) is 213 cm³/mol. The molecule has 1 nitrogen and oxygen atoms in total. The highest BCUT2D eigenvalue weighted by atomic mass is 15.1. The average molecular weight is 652 g/mol. The average Bonchev–Trinajstić information content (AvgIpc) is 3.81. The van der Waals surface area contributed by atoms with E-state index in [-0.39, 0.29) is 10.8 Å². The van der Waals surface area contributed by atoms with E-state index in [1.165, 1.54) is 104 Å². The molecule has 2 bridgehead atoms. The second kappa shape index (κ2) is 11.5. The van der Waals surface area contributed by atoms with Gasteiger partial charge in [0.1, 0.15) is 0 Å². The maximum atomic E-state index is 2.55. The summed E-state index contributed by atoms with van der Waals surface area (Å²) >= 11 is 0. The minimum absolute atomic E-state index is 0.00607. The molecule has 3 atom stereocenters. The van der Waals surface area contributed by atoms with E-state index in [2.05, 4.69) is 168 Å². The van der Waals surface area contributed by atoms with Crippen LogP contribution in [0.25, 0.3) is 33.0 Å². The van der Waals surface area contributed by atoms with Crippen LogP contribution >= 0.6 is 0 Å². The molecule has 3 aliphatic rings. The number of nitrogens with zero attached hydrogens (tertiary/aromatic N) is 1. The zero-order chi connectivity index (χ0) is 34.4. The second-order valence-corrected chi connectivity index (χ2v) is 17.1. The number of fused-ring (bicyclic) bond motifs is 6. The fourth-order valence-corrected chi connectivity index (χ4v) is 10.0. The van der Waals surface area contributed by atoms with Crippen LogP contribution in [0.2, 0.25) is 0 Å². The zero-order valence-corrected chi connectivity index (χ0v) is 30.6. The van der Waals surface area contributed by atoms with Crippen LogP contribution in [0.3, 0.4) is 0 Å². The molecule has 0 aromatic heterocycles. The topological polar surface area (TPSA) is 3.24 Å². The maximum Gasteiger partial charge on any atom is 0.0546 e. The molecule has 0 radical (unpaired) electrons. The number of aryl methyl sites for hydroxylation is 1. The standard InChI is InChI=1S/C49H49N/c1-31-12-11-17-44-47(31)40-25-24-38(30-45(40)49(44,5)6)50(37-22-20-33(21-23-37)41-27-32-18-19-36(41)26-32)46-29-35-14-8-7-13-34(35)28-42(46)39-15-9-10-16-43(39)48(2,3)4/h7-17,20-25,28-30,32,36,41H,18-19,26-27H2,1-6H3. The van der Waals surface area contributed by atoms with E-state index in [0.717, 1.165) is 11.8 Å². The zero-order valence-electron chi connectivity index (χ0n) is 30.6. The van der Waals surface area contributed by atoms with Gasteiger partial charge in [0.05, 0.1) is 5.69 Å². The lowest BCUT2D eigenvalue weighted by Crippen LogP contribution is -2.17. The Labute approximate surface area is 299 Å².